The number of anilines is 1. The second kappa shape index (κ2) is 5.67. The van der Waals surface area contributed by atoms with Crippen LogP contribution in [0.2, 0.25) is 0 Å². The summed E-state index contributed by atoms with van der Waals surface area (Å²) in [6.07, 6.45) is 0.656. The van der Waals surface area contributed by atoms with Gasteiger partial charge < -0.3 is 16.2 Å². The summed E-state index contributed by atoms with van der Waals surface area (Å²) in [7, 11) is 0. The number of nitrogens with zero attached hydrogens (tertiary/aromatic N) is 1. The molecule has 6 heteroatoms. The van der Waals surface area contributed by atoms with Crippen molar-refractivity contribution in [3.05, 3.63) is 11.4 Å². The Morgan fingerprint density at radius 1 is 1.59 bits per heavy atom. The molecule has 1 heterocycles. The molecule has 0 unspecified atom stereocenters. The van der Waals surface area contributed by atoms with Crippen LogP contribution in [-0.2, 0) is 0 Å². The molecule has 17 heavy (non-hydrogen) atoms. The molecule has 5 N–H and O–H groups in total. The van der Waals surface area contributed by atoms with Crippen molar-refractivity contribution in [2.75, 3.05) is 12.3 Å². The van der Waals surface area contributed by atoms with Crippen LogP contribution in [0.4, 0.5) is 5.69 Å². The third-order valence-electron chi connectivity index (χ3n) is 2.67. The Morgan fingerprint density at radius 3 is 2.65 bits per heavy atom. The van der Waals surface area contributed by atoms with Gasteiger partial charge in [0.25, 0.3) is 5.91 Å². The second-order valence-electron chi connectivity index (χ2n) is 4.32. The molecule has 1 aromatic rings. The van der Waals surface area contributed by atoms with E-state index < -0.39 is 0 Å². The fourth-order valence-electron chi connectivity index (χ4n) is 1.51. The summed E-state index contributed by atoms with van der Waals surface area (Å²) < 4.78 is 0. The van der Waals surface area contributed by atoms with E-state index in [4.69, 9.17) is 10.8 Å². The van der Waals surface area contributed by atoms with E-state index in [-0.39, 0.29) is 30.2 Å². The van der Waals surface area contributed by atoms with Gasteiger partial charge in [0.1, 0.15) is 0 Å². The average molecular weight is 240 g/mol. The lowest BCUT2D eigenvalue weighted by molar-refractivity contribution is 0.0911. The van der Waals surface area contributed by atoms with Gasteiger partial charge in [-0.1, -0.05) is 20.8 Å². The van der Waals surface area contributed by atoms with E-state index in [0.29, 0.717) is 12.1 Å². The van der Waals surface area contributed by atoms with Crippen molar-refractivity contribution in [2.45, 2.75) is 39.2 Å². The Balaban J connectivity index is 2.83. The topological polar surface area (TPSA) is 104 Å². The molecule has 1 amide bonds. The second-order valence-corrected chi connectivity index (χ2v) is 4.32. The van der Waals surface area contributed by atoms with E-state index in [0.717, 1.165) is 5.69 Å². The van der Waals surface area contributed by atoms with Gasteiger partial charge in [0.05, 0.1) is 24.0 Å². The quantitative estimate of drug-likeness (QED) is 0.605. The highest BCUT2D eigenvalue weighted by Crippen LogP contribution is 2.21. The fraction of sp³-hybridized carbons (Fsp3) is 0.636. The third-order valence-corrected chi connectivity index (χ3v) is 2.67. The van der Waals surface area contributed by atoms with E-state index in [1.54, 1.807) is 0 Å². The van der Waals surface area contributed by atoms with Crippen LogP contribution >= 0.6 is 0 Å². The highest BCUT2D eigenvalue weighted by molar-refractivity contribution is 5.97. The van der Waals surface area contributed by atoms with Crippen molar-refractivity contribution in [1.82, 2.24) is 15.5 Å². The Bertz CT molecular complexity index is 383. The lowest BCUT2D eigenvalue weighted by Gasteiger charge is -2.13. The minimum atomic E-state index is -0.355. The summed E-state index contributed by atoms with van der Waals surface area (Å²) in [5, 5.41) is 18.4. The smallest absolute Gasteiger partial charge is 0.274 e. The lowest BCUT2D eigenvalue weighted by atomic mass is 10.1. The molecule has 0 aromatic carbocycles. The van der Waals surface area contributed by atoms with Crippen molar-refractivity contribution < 1.29 is 9.90 Å². The van der Waals surface area contributed by atoms with E-state index >= 15 is 0 Å². The van der Waals surface area contributed by atoms with Gasteiger partial charge in [-0.3, -0.25) is 9.89 Å². The molecule has 1 aromatic heterocycles. The monoisotopic (exact) mass is 240 g/mol. The number of rotatable bonds is 5. The molecule has 0 bridgehead atoms. The zero-order valence-corrected chi connectivity index (χ0v) is 10.4. The molecular weight excluding hydrogens is 220 g/mol. The number of hydrogen-bond acceptors (Lipinski definition) is 4. The number of nitrogens with two attached hydrogens (primary N) is 1. The predicted molar refractivity (Wildman–Crippen MR) is 65.7 cm³/mol. The third kappa shape index (κ3) is 2.97. The first-order valence-electron chi connectivity index (χ1n) is 5.76. The van der Waals surface area contributed by atoms with Crippen molar-refractivity contribution in [1.29, 1.82) is 0 Å². The summed E-state index contributed by atoms with van der Waals surface area (Å²) in [6.45, 7) is 5.72. The van der Waals surface area contributed by atoms with Gasteiger partial charge in [-0.2, -0.15) is 5.10 Å². The number of aromatic amines is 1. The van der Waals surface area contributed by atoms with E-state index in [9.17, 15) is 4.79 Å². The Hall–Kier alpha value is -1.56. The first-order chi connectivity index (χ1) is 8.01. The van der Waals surface area contributed by atoms with Crippen LogP contribution < -0.4 is 11.1 Å². The molecular formula is C11H20N4O2. The molecule has 0 saturated heterocycles. The van der Waals surface area contributed by atoms with Gasteiger partial charge in [-0.15, -0.1) is 0 Å². The maximum atomic E-state index is 11.8. The Labute approximate surface area is 101 Å². The van der Waals surface area contributed by atoms with E-state index in [1.807, 2.05) is 20.8 Å². The van der Waals surface area contributed by atoms with Crippen LogP contribution in [0.25, 0.3) is 0 Å². The van der Waals surface area contributed by atoms with E-state index in [2.05, 4.69) is 15.5 Å². The normalized spacial score (nSPS) is 12.8. The van der Waals surface area contributed by atoms with Crippen LogP contribution in [0.1, 0.15) is 49.3 Å². The summed E-state index contributed by atoms with van der Waals surface area (Å²) >= 11 is 0. The van der Waals surface area contributed by atoms with E-state index in [1.165, 1.54) is 0 Å². The summed E-state index contributed by atoms with van der Waals surface area (Å²) in [6, 6.07) is -0.263. The average Bonchev–Trinajstić information content (AvgIpc) is 2.67. The first-order valence-corrected chi connectivity index (χ1v) is 5.76. The maximum Gasteiger partial charge on any atom is 0.274 e. The van der Waals surface area contributed by atoms with Gasteiger partial charge in [0.2, 0.25) is 0 Å². The number of carbonyl (C=O) groups is 1. The molecule has 1 rings (SSSR count). The van der Waals surface area contributed by atoms with Gasteiger partial charge in [-0.05, 0) is 12.3 Å². The number of aliphatic hydroxyl groups excluding tert-OH is 1. The highest BCUT2D eigenvalue weighted by Gasteiger charge is 2.20. The minimum Gasteiger partial charge on any atom is -0.395 e. The number of aromatic nitrogens is 2. The molecule has 0 radical (unpaired) electrons. The summed E-state index contributed by atoms with van der Waals surface area (Å²) in [5.41, 5.74) is 7.18. The largest absolute Gasteiger partial charge is 0.395 e. The number of aliphatic hydroxyl groups is 1. The van der Waals surface area contributed by atoms with Crippen LogP contribution in [0.15, 0.2) is 0 Å². The Kier molecular flexibility index (Phi) is 4.51. The number of amides is 1. The molecule has 0 spiro atoms. The van der Waals surface area contributed by atoms with Gasteiger partial charge >= 0.3 is 0 Å². The fourth-order valence-corrected chi connectivity index (χ4v) is 1.51. The highest BCUT2D eigenvalue weighted by atomic mass is 16.3. The van der Waals surface area contributed by atoms with Crippen molar-refractivity contribution in [3.63, 3.8) is 0 Å². The van der Waals surface area contributed by atoms with Crippen LogP contribution in [0, 0.1) is 0 Å². The minimum absolute atomic E-state index is 0.0936. The lowest BCUT2D eigenvalue weighted by Crippen LogP contribution is -2.37. The number of nitrogens with one attached hydrogen (secondary N) is 2. The van der Waals surface area contributed by atoms with Crippen LogP contribution in [0.5, 0.6) is 0 Å². The zero-order valence-electron chi connectivity index (χ0n) is 10.4. The van der Waals surface area contributed by atoms with Crippen molar-refractivity contribution in [2.24, 2.45) is 0 Å². The van der Waals surface area contributed by atoms with Crippen molar-refractivity contribution in [3.8, 4) is 0 Å². The molecule has 0 aliphatic rings. The summed E-state index contributed by atoms with van der Waals surface area (Å²) in [4.78, 5) is 11.8. The molecule has 6 nitrogen and oxygen atoms in total. The van der Waals surface area contributed by atoms with Crippen LogP contribution in [-0.4, -0.2) is 33.9 Å². The van der Waals surface area contributed by atoms with Crippen LogP contribution in [0.3, 0.4) is 0 Å². The zero-order chi connectivity index (χ0) is 13.0. The molecule has 96 valence electrons. The van der Waals surface area contributed by atoms with Crippen molar-refractivity contribution >= 4 is 11.6 Å². The number of hydrogen-bond donors (Lipinski definition) is 4. The Morgan fingerprint density at radius 2 is 2.24 bits per heavy atom. The first kappa shape index (κ1) is 13.5. The molecule has 0 fully saturated rings. The predicted octanol–water partition coefficient (Wildman–Crippen LogP) is 0.616. The molecule has 1 atom stereocenters. The number of carbonyl (C=O) groups excluding carboxylic acids is 1. The number of nitrogen functional groups attached to an aromatic ring is 1. The van der Waals surface area contributed by atoms with Gasteiger partial charge in [0, 0.05) is 0 Å². The number of H-pyrrole nitrogens is 1. The standard InChI is InChI=1S/C11H20N4O2/c1-4-7(5-16)13-11(17)10-8(12)9(6(2)3)14-15-10/h6-7,16H,4-5,12H2,1-3H3,(H,13,17)(H,14,15)/t7-/m0/s1. The van der Waals surface area contributed by atoms with Gasteiger partial charge in [0.15, 0.2) is 5.69 Å². The molecule has 0 saturated carbocycles. The summed E-state index contributed by atoms with van der Waals surface area (Å²) in [5.74, 6) is -0.171. The van der Waals surface area contributed by atoms with Gasteiger partial charge in [-0.25, -0.2) is 0 Å². The molecule has 0 aliphatic heterocycles. The SMILES string of the molecule is CC[C@@H](CO)NC(=O)c1n[nH]c(C(C)C)c1N. The molecule has 0 aliphatic carbocycles. The maximum absolute atomic E-state index is 11.8.